The average Bonchev–Trinajstić information content (AvgIpc) is 3.10. The van der Waals surface area contributed by atoms with Crippen LogP contribution < -0.4 is 10.6 Å². The van der Waals surface area contributed by atoms with Crippen molar-refractivity contribution in [1.29, 1.82) is 0 Å². The highest BCUT2D eigenvalue weighted by Gasteiger charge is 2.17. The summed E-state index contributed by atoms with van der Waals surface area (Å²) in [6.45, 7) is 12.1. The largest absolute Gasteiger partial charge is 0.461 e. The summed E-state index contributed by atoms with van der Waals surface area (Å²) < 4.78 is 11.6. The summed E-state index contributed by atoms with van der Waals surface area (Å²) in [5.41, 5.74) is 11.9. The van der Waals surface area contributed by atoms with Gasteiger partial charge in [0.15, 0.2) is 0 Å². The van der Waals surface area contributed by atoms with Gasteiger partial charge in [-0.2, -0.15) is 0 Å². The van der Waals surface area contributed by atoms with Gasteiger partial charge in [-0.05, 0) is 58.6 Å². The number of fused-ring (bicyclic) bond motifs is 1. The summed E-state index contributed by atoms with van der Waals surface area (Å²) in [4.78, 5) is 2.30. The zero-order chi connectivity index (χ0) is 20.8. The molecule has 1 aliphatic rings. The molecule has 2 heterocycles. The fourth-order valence-electron chi connectivity index (χ4n) is 3.84. The van der Waals surface area contributed by atoms with Gasteiger partial charge in [-0.15, -0.1) is 0 Å². The Hall–Kier alpha value is -2.20. The van der Waals surface area contributed by atoms with Crippen LogP contribution in [0.5, 0.6) is 0 Å². The van der Waals surface area contributed by atoms with Crippen molar-refractivity contribution in [1.82, 2.24) is 0 Å². The van der Waals surface area contributed by atoms with E-state index in [9.17, 15) is 0 Å². The number of nitrogens with two attached hydrogens (primary N) is 1. The zero-order valence-electron chi connectivity index (χ0n) is 18.5. The van der Waals surface area contributed by atoms with E-state index in [1.165, 1.54) is 11.1 Å². The molecule has 0 radical (unpaired) electrons. The molecule has 158 valence electrons. The standard InChI is InChI=1S/C25H36N2O2/c1-18(2)7-5-8-19(3)9-6-10-20(4)24-16-21-15-23(22(26)17-25(21)29-24)27-11-13-28-14-12-27/h7,9,15-17,20H,5-6,8,10-14,26H2,1-4H3/b19-9+. The Morgan fingerprint density at radius 1 is 1.10 bits per heavy atom. The molecule has 0 spiro atoms. The Labute approximate surface area is 175 Å². The van der Waals surface area contributed by atoms with Gasteiger partial charge in [0.05, 0.1) is 24.6 Å². The van der Waals surface area contributed by atoms with Crippen LogP contribution in [0, 0.1) is 0 Å². The molecule has 0 amide bonds. The number of nitrogen functional groups attached to an aromatic ring is 1. The van der Waals surface area contributed by atoms with Gasteiger partial charge in [0, 0.05) is 30.5 Å². The molecule has 1 fully saturated rings. The lowest BCUT2D eigenvalue weighted by atomic mass is 10.0. The van der Waals surface area contributed by atoms with Crippen molar-refractivity contribution in [2.75, 3.05) is 36.9 Å². The van der Waals surface area contributed by atoms with Crippen LogP contribution in [0.4, 0.5) is 11.4 Å². The van der Waals surface area contributed by atoms with E-state index in [1.54, 1.807) is 0 Å². The first-order chi connectivity index (χ1) is 13.9. The molecule has 29 heavy (non-hydrogen) atoms. The highest BCUT2D eigenvalue weighted by Crippen LogP contribution is 2.34. The topological polar surface area (TPSA) is 51.6 Å². The average molecular weight is 397 g/mol. The fourth-order valence-corrected chi connectivity index (χ4v) is 3.84. The molecule has 2 N–H and O–H groups in total. The van der Waals surface area contributed by atoms with Gasteiger partial charge in [0.1, 0.15) is 11.3 Å². The zero-order valence-corrected chi connectivity index (χ0v) is 18.5. The van der Waals surface area contributed by atoms with E-state index in [0.29, 0.717) is 5.92 Å². The Morgan fingerprint density at radius 3 is 2.59 bits per heavy atom. The minimum Gasteiger partial charge on any atom is -0.461 e. The molecule has 1 unspecified atom stereocenters. The summed E-state index contributed by atoms with van der Waals surface area (Å²) in [6.07, 6.45) is 9.15. The summed E-state index contributed by atoms with van der Waals surface area (Å²) in [6, 6.07) is 6.33. The summed E-state index contributed by atoms with van der Waals surface area (Å²) in [5.74, 6) is 1.44. The first-order valence-corrected chi connectivity index (χ1v) is 10.9. The Kier molecular flexibility index (Phi) is 7.43. The maximum absolute atomic E-state index is 6.32. The Bertz CT molecular complexity index is 868. The maximum atomic E-state index is 6.32. The van der Waals surface area contributed by atoms with Crippen LogP contribution in [0.25, 0.3) is 11.0 Å². The Balaban J connectivity index is 1.62. The van der Waals surface area contributed by atoms with E-state index in [0.717, 1.165) is 80.1 Å². The third-order valence-electron chi connectivity index (χ3n) is 5.71. The van der Waals surface area contributed by atoms with E-state index in [2.05, 4.69) is 56.9 Å². The molecule has 0 saturated carbocycles. The monoisotopic (exact) mass is 396 g/mol. The molecule has 1 aromatic carbocycles. The number of morpholine rings is 1. The molecule has 1 saturated heterocycles. The van der Waals surface area contributed by atoms with Crippen LogP contribution in [-0.2, 0) is 4.74 Å². The number of benzene rings is 1. The second kappa shape index (κ2) is 10.0. The maximum Gasteiger partial charge on any atom is 0.136 e. The van der Waals surface area contributed by atoms with Gasteiger partial charge < -0.3 is 19.8 Å². The van der Waals surface area contributed by atoms with Crippen LogP contribution in [0.2, 0.25) is 0 Å². The van der Waals surface area contributed by atoms with E-state index in [1.807, 2.05) is 6.07 Å². The van der Waals surface area contributed by atoms with Crippen molar-refractivity contribution in [2.24, 2.45) is 0 Å². The van der Waals surface area contributed by atoms with Crippen molar-refractivity contribution >= 4 is 22.3 Å². The number of nitrogens with zero attached hydrogens (tertiary/aromatic N) is 1. The van der Waals surface area contributed by atoms with E-state index in [4.69, 9.17) is 14.9 Å². The lowest BCUT2D eigenvalue weighted by molar-refractivity contribution is 0.123. The number of anilines is 2. The molecule has 4 heteroatoms. The first-order valence-electron chi connectivity index (χ1n) is 10.9. The molecular formula is C25H36N2O2. The SMILES string of the molecule is CC(C)=CCC/C(C)=C/CCC(C)c1cc2cc(N3CCOCC3)c(N)cc2o1. The summed E-state index contributed by atoms with van der Waals surface area (Å²) >= 11 is 0. The van der Waals surface area contributed by atoms with Crippen LogP contribution in [0.1, 0.15) is 65.1 Å². The first kappa shape index (κ1) is 21.5. The van der Waals surface area contributed by atoms with Crippen LogP contribution >= 0.6 is 0 Å². The molecule has 1 atom stereocenters. The highest BCUT2D eigenvalue weighted by atomic mass is 16.5. The molecule has 0 aliphatic carbocycles. The molecule has 0 bridgehead atoms. The lowest BCUT2D eigenvalue weighted by Gasteiger charge is -2.29. The van der Waals surface area contributed by atoms with E-state index < -0.39 is 0 Å². The van der Waals surface area contributed by atoms with Gasteiger partial charge in [-0.25, -0.2) is 0 Å². The highest BCUT2D eigenvalue weighted by molar-refractivity contribution is 5.89. The molecule has 1 aromatic heterocycles. The minimum atomic E-state index is 0.386. The molecule has 2 aromatic rings. The normalized spacial score (nSPS) is 16.3. The predicted octanol–water partition coefficient (Wildman–Crippen LogP) is 6.43. The number of furan rings is 1. The summed E-state index contributed by atoms with van der Waals surface area (Å²) in [5, 5.41) is 1.14. The van der Waals surface area contributed by atoms with E-state index >= 15 is 0 Å². The van der Waals surface area contributed by atoms with Crippen molar-refractivity contribution in [3.05, 3.63) is 47.3 Å². The van der Waals surface area contributed by atoms with Crippen LogP contribution in [0.15, 0.2) is 45.9 Å². The smallest absolute Gasteiger partial charge is 0.136 e. The number of hydrogen-bond acceptors (Lipinski definition) is 4. The fraction of sp³-hybridized carbons (Fsp3) is 0.520. The van der Waals surface area contributed by atoms with Crippen molar-refractivity contribution in [2.45, 2.75) is 59.3 Å². The summed E-state index contributed by atoms with van der Waals surface area (Å²) in [7, 11) is 0. The minimum absolute atomic E-state index is 0.386. The van der Waals surface area contributed by atoms with Crippen molar-refractivity contribution in [3.8, 4) is 0 Å². The molecule has 4 nitrogen and oxygen atoms in total. The number of hydrogen-bond donors (Lipinski definition) is 1. The van der Waals surface area contributed by atoms with E-state index in [-0.39, 0.29) is 0 Å². The number of allylic oxidation sites excluding steroid dienone is 4. The van der Waals surface area contributed by atoms with Gasteiger partial charge in [-0.3, -0.25) is 0 Å². The third-order valence-corrected chi connectivity index (χ3v) is 5.71. The molecular weight excluding hydrogens is 360 g/mol. The van der Waals surface area contributed by atoms with Gasteiger partial charge in [-0.1, -0.05) is 30.2 Å². The van der Waals surface area contributed by atoms with Gasteiger partial charge >= 0.3 is 0 Å². The molecule has 3 rings (SSSR count). The third kappa shape index (κ3) is 5.89. The molecule has 1 aliphatic heterocycles. The van der Waals surface area contributed by atoms with Crippen molar-refractivity contribution < 1.29 is 9.15 Å². The number of rotatable bonds is 8. The Morgan fingerprint density at radius 2 is 1.86 bits per heavy atom. The lowest BCUT2D eigenvalue weighted by Crippen LogP contribution is -2.36. The van der Waals surface area contributed by atoms with Crippen LogP contribution in [-0.4, -0.2) is 26.3 Å². The second-order valence-corrected chi connectivity index (χ2v) is 8.55. The van der Waals surface area contributed by atoms with Gasteiger partial charge in [0.25, 0.3) is 0 Å². The quantitative estimate of drug-likeness (QED) is 0.413. The van der Waals surface area contributed by atoms with Crippen molar-refractivity contribution in [3.63, 3.8) is 0 Å². The number of ether oxygens (including phenoxy) is 1. The van der Waals surface area contributed by atoms with Gasteiger partial charge in [0.2, 0.25) is 0 Å². The second-order valence-electron chi connectivity index (χ2n) is 8.55. The van der Waals surface area contributed by atoms with Crippen LogP contribution in [0.3, 0.4) is 0 Å². The predicted molar refractivity (Wildman–Crippen MR) is 124 cm³/mol.